The van der Waals surface area contributed by atoms with Gasteiger partial charge in [-0.05, 0) is 71.3 Å². The first-order valence-electron chi connectivity index (χ1n) is 17.8. The number of nitrogen functional groups attached to an aromatic ring is 1. The van der Waals surface area contributed by atoms with Crippen molar-refractivity contribution in [2.45, 2.75) is 7.43 Å². The van der Waals surface area contributed by atoms with Crippen molar-refractivity contribution >= 4 is 103 Å². The third-order valence-corrected chi connectivity index (χ3v) is 9.47. The second-order valence-corrected chi connectivity index (χ2v) is 14.0. The summed E-state index contributed by atoms with van der Waals surface area (Å²) in [6.07, 6.45) is 9.45. The monoisotopic (exact) mass is 958 g/mol. The molecule has 0 radical (unpaired) electrons. The number of hydrogen-bond acceptors (Lipinski definition) is 11. The Kier molecular flexibility index (Phi) is 20.1. The Labute approximate surface area is 381 Å². The SMILES string of the molecule is C.Clc1ncccc1-c1ccc2cn[nH]c2c1.N=Cc1ccc(-c2cccnc2Cl)cc1NCC(N)=O.NC(=O)CBr.NC(=O)CN=Cc1ccc(-c2cccnc2Cl)cc1N. The van der Waals surface area contributed by atoms with Crippen molar-refractivity contribution in [3.63, 3.8) is 0 Å². The molecular formula is C43H42BrCl3N12O3. The molecule has 0 aliphatic heterocycles. The summed E-state index contributed by atoms with van der Waals surface area (Å²) in [5, 5.41) is 19.9. The summed E-state index contributed by atoms with van der Waals surface area (Å²) in [6.45, 7) is -0.0549. The molecule has 0 saturated carbocycles. The maximum atomic E-state index is 10.9. The number of anilines is 2. The van der Waals surface area contributed by atoms with Gasteiger partial charge in [0.25, 0.3) is 0 Å². The fraction of sp³-hybridized carbons (Fsp3) is 0.0930. The molecule has 4 heterocycles. The van der Waals surface area contributed by atoms with Crippen molar-refractivity contribution < 1.29 is 14.4 Å². The van der Waals surface area contributed by atoms with Crippen LogP contribution in [0.5, 0.6) is 0 Å². The van der Waals surface area contributed by atoms with Crippen LogP contribution in [0.2, 0.25) is 15.5 Å². The molecule has 7 aromatic rings. The van der Waals surface area contributed by atoms with Crippen LogP contribution in [0.25, 0.3) is 44.3 Å². The molecule has 3 amide bonds. The average molecular weight is 961 g/mol. The van der Waals surface area contributed by atoms with Crippen molar-refractivity contribution in [1.82, 2.24) is 25.1 Å². The van der Waals surface area contributed by atoms with Crippen LogP contribution in [0.15, 0.2) is 121 Å². The number of amides is 3. The molecule has 0 bridgehead atoms. The largest absolute Gasteiger partial charge is 0.398 e. The molecular weight excluding hydrogens is 919 g/mol. The number of nitrogens with one attached hydrogen (secondary N) is 3. The molecule has 4 aromatic heterocycles. The summed E-state index contributed by atoms with van der Waals surface area (Å²) in [6, 6.07) is 28.1. The van der Waals surface area contributed by atoms with Gasteiger partial charge in [0.15, 0.2) is 0 Å². The molecule has 62 heavy (non-hydrogen) atoms. The third kappa shape index (κ3) is 15.1. The fourth-order valence-electron chi connectivity index (χ4n) is 5.19. The van der Waals surface area contributed by atoms with Gasteiger partial charge >= 0.3 is 0 Å². The van der Waals surface area contributed by atoms with Crippen LogP contribution >= 0.6 is 50.7 Å². The first kappa shape index (κ1) is 49.6. The number of aliphatic imine (C=N–C) groups is 1. The number of rotatable bonds is 11. The van der Waals surface area contributed by atoms with E-state index in [1.54, 1.807) is 55.1 Å². The Morgan fingerprint density at radius 3 is 1.69 bits per heavy atom. The molecule has 0 atom stereocenters. The lowest BCUT2D eigenvalue weighted by Gasteiger charge is -2.11. The number of nitrogens with two attached hydrogens (primary N) is 4. The van der Waals surface area contributed by atoms with Crippen molar-refractivity contribution in [3.8, 4) is 33.4 Å². The molecule has 0 unspecified atom stereocenters. The van der Waals surface area contributed by atoms with Crippen LogP contribution in [-0.4, -0.2) is 73.7 Å². The Bertz CT molecular complexity index is 2660. The molecule has 11 N–H and O–H groups in total. The predicted octanol–water partition coefficient (Wildman–Crippen LogP) is 7.97. The molecule has 19 heteroatoms. The van der Waals surface area contributed by atoms with Crippen molar-refractivity contribution in [2.75, 3.05) is 29.5 Å². The van der Waals surface area contributed by atoms with E-state index in [9.17, 15) is 14.4 Å². The molecule has 0 spiro atoms. The molecule has 3 aromatic carbocycles. The third-order valence-electron chi connectivity index (χ3n) is 8.01. The summed E-state index contributed by atoms with van der Waals surface area (Å²) in [4.78, 5) is 47.0. The topological polar surface area (TPSA) is 271 Å². The first-order valence-corrected chi connectivity index (χ1v) is 20.0. The van der Waals surface area contributed by atoms with E-state index < -0.39 is 11.8 Å². The highest BCUT2D eigenvalue weighted by Crippen LogP contribution is 2.31. The van der Waals surface area contributed by atoms with E-state index in [-0.39, 0.29) is 31.8 Å². The Hall–Kier alpha value is -6.72. The van der Waals surface area contributed by atoms with Gasteiger partial charge in [0, 0.05) is 75.6 Å². The van der Waals surface area contributed by atoms with Crippen LogP contribution in [0.4, 0.5) is 11.4 Å². The number of aromatic nitrogens is 5. The van der Waals surface area contributed by atoms with E-state index >= 15 is 0 Å². The number of aromatic amines is 1. The molecule has 0 saturated heterocycles. The van der Waals surface area contributed by atoms with Crippen LogP contribution in [0.3, 0.4) is 0 Å². The second kappa shape index (κ2) is 25.1. The molecule has 0 aliphatic carbocycles. The number of pyridine rings is 3. The predicted molar refractivity (Wildman–Crippen MR) is 255 cm³/mol. The lowest BCUT2D eigenvalue weighted by molar-refractivity contribution is -0.117. The first-order chi connectivity index (χ1) is 29.3. The van der Waals surface area contributed by atoms with E-state index in [2.05, 4.69) is 57.1 Å². The van der Waals surface area contributed by atoms with Gasteiger partial charge in [-0.25, -0.2) is 15.0 Å². The van der Waals surface area contributed by atoms with Crippen LogP contribution in [0, 0.1) is 5.41 Å². The zero-order chi connectivity index (χ0) is 44.3. The number of H-pyrrole nitrogens is 1. The van der Waals surface area contributed by atoms with Crippen LogP contribution < -0.4 is 28.3 Å². The quantitative estimate of drug-likeness (QED) is 0.0286. The van der Waals surface area contributed by atoms with Gasteiger partial charge in [-0.15, -0.1) is 0 Å². The number of carbonyl (C=O) groups is 3. The van der Waals surface area contributed by atoms with Gasteiger partial charge in [-0.2, -0.15) is 5.10 Å². The minimum Gasteiger partial charge on any atom is -0.398 e. The highest BCUT2D eigenvalue weighted by molar-refractivity contribution is 9.09. The normalized spacial score (nSPS) is 10.1. The highest BCUT2D eigenvalue weighted by atomic mass is 79.9. The number of primary amides is 3. The molecule has 7 rings (SSSR count). The summed E-state index contributed by atoms with van der Waals surface area (Å²) < 4.78 is 0. The summed E-state index contributed by atoms with van der Waals surface area (Å²) >= 11 is 21.0. The molecule has 0 fully saturated rings. The average Bonchev–Trinajstić information content (AvgIpc) is 3.73. The van der Waals surface area contributed by atoms with Crippen molar-refractivity contribution in [2.24, 2.45) is 22.2 Å². The van der Waals surface area contributed by atoms with Gasteiger partial charge in [0.05, 0.1) is 23.6 Å². The standard InChI is InChI=1S/2C14H13ClN4O.C12H8ClN3.C2H4BrNO.CH4/c15-14-11(2-1-5-19-14)9-3-4-10(12(16)6-9)7-18-8-13(17)20;15-14-11(2-1-5-18-14)9-3-4-10(7-16)12(6-9)19-8-13(17)20;13-12-10(2-1-5-14-12)8-3-4-9-7-15-16-11(9)6-8;3-1-2(4)5;/h1-7H,8,16H2,(H2,17,20);1-7,16,19H,8H2,(H2,17,20);1-7H,(H,15,16);1H2,(H2,4,5);1H4. The number of alkyl halides is 1. The Morgan fingerprint density at radius 1 is 0.726 bits per heavy atom. The van der Waals surface area contributed by atoms with Crippen LogP contribution in [-0.2, 0) is 14.4 Å². The van der Waals surface area contributed by atoms with Gasteiger partial charge in [-0.3, -0.25) is 24.5 Å². The van der Waals surface area contributed by atoms with Crippen LogP contribution in [0.1, 0.15) is 18.6 Å². The summed E-state index contributed by atoms with van der Waals surface area (Å²) in [7, 11) is 0. The second-order valence-electron chi connectivity index (χ2n) is 12.3. The Balaban J connectivity index is 0.000000234. The zero-order valence-corrected chi connectivity index (χ0v) is 35.9. The van der Waals surface area contributed by atoms with E-state index in [0.29, 0.717) is 32.4 Å². The van der Waals surface area contributed by atoms with Crippen molar-refractivity contribution in [1.29, 1.82) is 5.41 Å². The number of halogens is 4. The fourth-order valence-corrected chi connectivity index (χ4v) is 5.87. The maximum absolute atomic E-state index is 10.9. The van der Waals surface area contributed by atoms with Gasteiger partial charge in [-0.1, -0.05) is 94.6 Å². The van der Waals surface area contributed by atoms with Gasteiger partial charge < -0.3 is 33.7 Å². The number of benzene rings is 3. The zero-order valence-electron chi connectivity index (χ0n) is 32.0. The lowest BCUT2D eigenvalue weighted by atomic mass is 10.0. The van der Waals surface area contributed by atoms with E-state index in [1.807, 2.05) is 60.7 Å². The minimum atomic E-state index is -0.487. The maximum Gasteiger partial charge on any atom is 0.239 e. The van der Waals surface area contributed by atoms with Crippen molar-refractivity contribution in [3.05, 3.63) is 142 Å². The highest BCUT2D eigenvalue weighted by Gasteiger charge is 2.09. The summed E-state index contributed by atoms with van der Waals surface area (Å²) in [5.41, 5.74) is 29.5. The smallest absolute Gasteiger partial charge is 0.239 e. The van der Waals surface area contributed by atoms with Gasteiger partial charge in [0.1, 0.15) is 22.0 Å². The van der Waals surface area contributed by atoms with E-state index in [1.165, 1.54) is 12.4 Å². The van der Waals surface area contributed by atoms with E-state index in [4.69, 9.17) is 57.4 Å². The number of carbonyl (C=O) groups excluding carboxylic acids is 3. The van der Waals surface area contributed by atoms with Gasteiger partial charge in [0.2, 0.25) is 17.7 Å². The molecule has 15 nitrogen and oxygen atoms in total. The Morgan fingerprint density at radius 2 is 1.23 bits per heavy atom. The number of fused-ring (bicyclic) bond motifs is 1. The lowest BCUT2D eigenvalue weighted by Crippen LogP contribution is -2.22. The van der Waals surface area contributed by atoms with E-state index in [0.717, 1.165) is 49.8 Å². The molecule has 0 aliphatic rings. The summed E-state index contributed by atoms with van der Waals surface area (Å²) in [5.74, 6) is -1.28. The molecule has 320 valence electrons. The number of hydrogen-bond donors (Lipinski definition) is 7. The number of nitrogens with zero attached hydrogens (tertiary/aromatic N) is 5. The minimum absolute atomic E-state index is 0.